The van der Waals surface area contributed by atoms with E-state index in [0.717, 1.165) is 17.0 Å². The fraction of sp³-hybridized carbons (Fsp3) is 0.238. The Kier molecular flexibility index (Phi) is 6.10. The number of rotatable bonds is 8. The topological polar surface area (TPSA) is 65.4 Å². The molecule has 0 aliphatic heterocycles. The highest BCUT2D eigenvalue weighted by Gasteiger charge is 2.10. The number of hydrogen-bond acceptors (Lipinski definition) is 4. The van der Waals surface area contributed by atoms with Crippen molar-refractivity contribution < 1.29 is 14.3 Å². The summed E-state index contributed by atoms with van der Waals surface area (Å²) in [7, 11) is 0. The number of hydrogen-bond donors (Lipinski definition) is 1. The fourth-order valence-electron chi connectivity index (χ4n) is 2.65. The van der Waals surface area contributed by atoms with E-state index in [1.165, 1.54) is 0 Å². The van der Waals surface area contributed by atoms with Crippen molar-refractivity contribution in [2.24, 2.45) is 0 Å². The van der Waals surface area contributed by atoms with E-state index in [-0.39, 0.29) is 12.5 Å². The number of aryl methyl sites for hydroxylation is 1. The molecule has 0 fully saturated rings. The zero-order valence-electron chi connectivity index (χ0n) is 15.5. The van der Waals surface area contributed by atoms with Crippen LogP contribution in [0, 0.1) is 6.92 Å². The van der Waals surface area contributed by atoms with Gasteiger partial charge in [0.15, 0.2) is 6.61 Å². The Morgan fingerprint density at radius 2 is 1.70 bits per heavy atom. The molecule has 6 nitrogen and oxygen atoms in total. The minimum Gasteiger partial charge on any atom is -0.494 e. The van der Waals surface area contributed by atoms with Gasteiger partial charge >= 0.3 is 0 Å². The summed E-state index contributed by atoms with van der Waals surface area (Å²) >= 11 is 0. The van der Waals surface area contributed by atoms with Crippen molar-refractivity contribution in [3.8, 4) is 11.5 Å². The van der Waals surface area contributed by atoms with E-state index in [0.29, 0.717) is 24.7 Å². The highest BCUT2D eigenvalue weighted by molar-refractivity contribution is 5.91. The van der Waals surface area contributed by atoms with Crippen LogP contribution < -0.4 is 14.8 Å². The maximum Gasteiger partial charge on any atom is 0.263 e. The van der Waals surface area contributed by atoms with Gasteiger partial charge in [0.1, 0.15) is 17.3 Å². The van der Waals surface area contributed by atoms with Crippen LogP contribution in [0.25, 0.3) is 0 Å². The molecule has 1 amide bonds. The minimum atomic E-state index is -0.238. The van der Waals surface area contributed by atoms with Crippen LogP contribution in [-0.4, -0.2) is 28.9 Å². The maximum absolute atomic E-state index is 12.3. The van der Waals surface area contributed by atoms with Crippen LogP contribution in [0.15, 0.2) is 60.7 Å². The van der Waals surface area contributed by atoms with Crippen molar-refractivity contribution in [3.63, 3.8) is 0 Å². The molecule has 140 valence electrons. The standard InChI is InChI=1S/C21H23N3O3/c1-3-26-18-9-11-19(12-10-18)27-15-21(25)22-20-13-16(2)23-24(20)14-17-7-5-4-6-8-17/h4-13H,3,14-15H2,1-2H3,(H,22,25). The molecule has 0 spiro atoms. The summed E-state index contributed by atoms with van der Waals surface area (Å²) in [5, 5.41) is 7.32. The maximum atomic E-state index is 12.3. The van der Waals surface area contributed by atoms with Crippen LogP contribution >= 0.6 is 0 Å². The third kappa shape index (κ3) is 5.34. The third-order valence-corrected chi connectivity index (χ3v) is 3.85. The molecule has 0 saturated heterocycles. The number of ether oxygens (including phenoxy) is 2. The number of anilines is 1. The lowest BCUT2D eigenvalue weighted by Crippen LogP contribution is -2.22. The molecule has 0 bridgehead atoms. The van der Waals surface area contributed by atoms with Gasteiger partial charge in [-0.1, -0.05) is 30.3 Å². The molecule has 3 rings (SSSR count). The zero-order valence-corrected chi connectivity index (χ0v) is 15.5. The number of carbonyl (C=O) groups is 1. The van der Waals surface area contributed by atoms with Crippen LogP contribution in [-0.2, 0) is 11.3 Å². The van der Waals surface area contributed by atoms with E-state index in [1.807, 2.05) is 62.4 Å². The van der Waals surface area contributed by atoms with Gasteiger partial charge in [0.25, 0.3) is 5.91 Å². The second-order valence-corrected chi connectivity index (χ2v) is 6.06. The Morgan fingerprint density at radius 1 is 1.04 bits per heavy atom. The summed E-state index contributed by atoms with van der Waals surface area (Å²) in [5.74, 6) is 1.80. The van der Waals surface area contributed by atoms with Crippen LogP contribution in [0.2, 0.25) is 0 Å². The average molecular weight is 365 g/mol. The number of benzene rings is 2. The molecule has 0 radical (unpaired) electrons. The predicted molar refractivity (Wildman–Crippen MR) is 104 cm³/mol. The molecule has 0 unspecified atom stereocenters. The average Bonchev–Trinajstić information content (AvgIpc) is 3.01. The minimum absolute atomic E-state index is 0.0798. The molecular weight excluding hydrogens is 342 g/mol. The van der Waals surface area contributed by atoms with Gasteiger partial charge in [-0.2, -0.15) is 5.10 Å². The Balaban J connectivity index is 1.57. The van der Waals surface area contributed by atoms with E-state index < -0.39 is 0 Å². The van der Waals surface area contributed by atoms with Gasteiger partial charge in [-0.05, 0) is 43.7 Å². The van der Waals surface area contributed by atoms with Crippen molar-refractivity contribution in [2.75, 3.05) is 18.5 Å². The first-order valence-electron chi connectivity index (χ1n) is 8.88. The van der Waals surface area contributed by atoms with E-state index >= 15 is 0 Å². The quantitative estimate of drug-likeness (QED) is 0.662. The Hall–Kier alpha value is -3.28. The van der Waals surface area contributed by atoms with Crippen LogP contribution in [0.3, 0.4) is 0 Å². The highest BCUT2D eigenvalue weighted by atomic mass is 16.5. The summed E-state index contributed by atoms with van der Waals surface area (Å²) in [5.41, 5.74) is 1.95. The molecule has 1 aromatic heterocycles. The lowest BCUT2D eigenvalue weighted by atomic mass is 10.2. The first-order chi connectivity index (χ1) is 13.1. The van der Waals surface area contributed by atoms with E-state index in [1.54, 1.807) is 16.8 Å². The van der Waals surface area contributed by atoms with Gasteiger partial charge in [0.05, 0.1) is 18.8 Å². The second kappa shape index (κ2) is 8.89. The third-order valence-electron chi connectivity index (χ3n) is 3.85. The predicted octanol–water partition coefficient (Wildman–Crippen LogP) is 3.66. The van der Waals surface area contributed by atoms with Crippen molar-refractivity contribution >= 4 is 11.7 Å². The molecule has 0 atom stereocenters. The summed E-state index contributed by atoms with van der Waals surface area (Å²) in [4.78, 5) is 12.3. The molecule has 0 aliphatic carbocycles. The van der Waals surface area contributed by atoms with Crippen LogP contribution in [0.4, 0.5) is 5.82 Å². The van der Waals surface area contributed by atoms with E-state index in [4.69, 9.17) is 9.47 Å². The van der Waals surface area contributed by atoms with Gasteiger partial charge in [-0.25, -0.2) is 4.68 Å². The Morgan fingerprint density at radius 3 is 2.37 bits per heavy atom. The molecule has 0 aliphatic rings. The number of nitrogens with zero attached hydrogens (tertiary/aromatic N) is 2. The van der Waals surface area contributed by atoms with Crippen molar-refractivity contribution in [3.05, 3.63) is 71.9 Å². The molecular formula is C21H23N3O3. The number of amides is 1. The van der Waals surface area contributed by atoms with Gasteiger partial charge in [-0.3, -0.25) is 4.79 Å². The summed E-state index contributed by atoms with van der Waals surface area (Å²) < 4.78 is 12.7. The molecule has 6 heteroatoms. The first kappa shape index (κ1) is 18.5. The Bertz CT molecular complexity index is 873. The number of nitrogens with one attached hydrogen (secondary N) is 1. The smallest absolute Gasteiger partial charge is 0.263 e. The summed E-state index contributed by atoms with van der Waals surface area (Å²) in [6, 6.07) is 19.0. The summed E-state index contributed by atoms with van der Waals surface area (Å²) in [6.45, 7) is 4.94. The lowest BCUT2D eigenvalue weighted by Gasteiger charge is -2.10. The highest BCUT2D eigenvalue weighted by Crippen LogP contribution is 2.18. The van der Waals surface area contributed by atoms with E-state index in [9.17, 15) is 4.79 Å². The zero-order chi connectivity index (χ0) is 19.1. The normalized spacial score (nSPS) is 10.4. The van der Waals surface area contributed by atoms with Gasteiger partial charge in [-0.15, -0.1) is 0 Å². The molecule has 1 N–H and O–H groups in total. The van der Waals surface area contributed by atoms with Gasteiger partial charge < -0.3 is 14.8 Å². The second-order valence-electron chi connectivity index (χ2n) is 6.06. The Labute approximate surface area is 158 Å². The van der Waals surface area contributed by atoms with E-state index in [2.05, 4.69) is 10.4 Å². The number of carbonyl (C=O) groups excluding carboxylic acids is 1. The van der Waals surface area contributed by atoms with Crippen LogP contribution in [0.1, 0.15) is 18.2 Å². The monoisotopic (exact) mass is 365 g/mol. The summed E-state index contributed by atoms with van der Waals surface area (Å²) in [6.07, 6.45) is 0. The molecule has 1 heterocycles. The SMILES string of the molecule is CCOc1ccc(OCC(=O)Nc2cc(C)nn2Cc2ccccc2)cc1. The van der Waals surface area contributed by atoms with Gasteiger partial charge in [0.2, 0.25) is 0 Å². The molecule has 0 saturated carbocycles. The van der Waals surface area contributed by atoms with Crippen molar-refractivity contribution in [1.82, 2.24) is 9.78 Å². The van der Waals surface area contributed by atoms with Crippen molar-refractivity contribution in [1.29, 1.82) is 0 Å². The van der Waals surface area contributed by atoms with Crippen molar-refractivity contribution in [2.45, 2.75) is 20.4 Å². The lowest BCUT2D eigenvalue weighted by molar-refractivity contribution is -0.118. The van der Waals surface area contributed by atoms with Crippen LogP contribution in [0.5, 0.6) is 11.5 Å². The largest absolute Gasteiger partial charge is 0.494 e. The van der Waals surface area contributed by atoms with Gasteiger partial charge in [0, 0.05) is 6.07 Å². The molecule has 2 aromatic carbocycles. The fourth-order valence-corrected chi connectivity index (χ4v) is 2.65. The molecule has 3 aromatic rings. The number of aromatic nitrogens is 2. The molecule has 27 heavy (non-hydrogen) atoms. The first-order valence-corrected chi connectivity index (χ1v) is 8.88.